The second kappa shape index (κ2) is 6.86. The monoisotopic (exact) mass is 357 g/mol. The van der Waals surface area contributed by atoms with Gasteiger partial charge in [-0.05, 0) is 25.3 Å². The van der Waals surface area contributed by atoms with Crippen LogP contribution in [0.15, 0.2) is 29.3 Å². The molecule has 0 radical (unpaired) electrons. The van der Waals surface area contributed by atoms with E-state index in [1.165, 1.54) is 18.3 Å². The van der Waals surface area contributed by atoms with E-state index >= 15 is 0 Å². The fourth-order valence-corrected chi connectivity index (χ4v) is 3.66. The van der Waals surface area contributed by atoms with E-state index in [1.807, 2.05) is 0 Å². The number of aromatic amines is 1. The highest BCUT2D eigenvalue weighted by Crippen LogP contribution is 2.28. The van der Waals surface area contributed by atoms with Crippen LogP contribution in [0.5, 0.6) is 0 Å². The maximum absolute atomic E-state index is 13.8. The first kappa shape index (κ1) is 16.7. The minimum atomic E-state index is -0.619. The van der Waals surface area contributed by atoms with Crippen LogP contribution in [0, 0.1) is 5.82 Å². The van der Waals surface area contributed by atoms with Gasteiger partial charge < -0.3 is 9.80 Å². The van der Waals surface area contributed by atoms with E-state index in [-0.39, 0.29) is 22.9 Å². The summed E-state index contributed by atoms with van der Waals surface area (Å²) >= 11 is 0. The lowest BCUT2D eigenvalue weighted by molar-refractivity contribution is 0.0786. The molecule has 1 unspecified atom stereocenters. The second-order valence-corrected chi connectivity index (χ2v) is 6.78. The van der Waals surface area contributed by atoms with Crippen LogP contribution < -0.4 is 10.5 Å². The molecule has 0 saturated carbocycles. The first-order valence-electron chi connectivity index (χ1n) is 8.87. The molecule has 8 heteroatoms. The molecule has 136 valence electrons. The third-order valence-corrected chi connectivity index (χ3v) is 5.05. The number of likely N-dealkylation sites (tertiary alicyclic amines) is 1. The number of anilines is 1. The van der Waals surface area contributed by atoms with Crippen molar-refractivity contribution in [3.05, 3.63) is 52.0 Å². The van der Waals surface area contributed by atoms with Gasteiger partial charge in [-0.2, -0.15) is 0 Å². The van der Waals surface area contributed by atoms with Crippen molar-refractivity contribution in [1.29, 1.82) is 0 Å². The molecule has 26 heavy (non-hydrogen) atoms. The average Bonchev–Trinajstić information content (AvgIpc) is 3.33. The van der Waals surface area contributed by atoms with Gasteiger partial charge in [-0.15, -0.1) is 0 Å². The van der Waals surface area contributed by atoms with Gasteiger partial charge in [0.15, 0.2) is 5.82 Å². The molecule has 7 nitrogen and oxygen atoms in total. The molecule has 1 atom stereocenters. The minimum Gasteiger partial charge on any atom is -0.342 e. The molecule has 2 fully saturated rings. The van der Waals surface area contributed by atoms with E-state index in [1.54, 1.807) is 4.90 Å². The van der Waals surface area contributed by atoms with Gasteiger partial charge in [-0.3, -0.25) is 19.6 Å². The van der Waals surface area contributed by atoms with Crippen molar-refractivity contribution in [2.24, 2.45) is 0 Å². The number of nitrogens with zero attached hydrogens (tertiary/aromatic N) is 4. The highest BCUT2D eigenvalue weighted by atomic mass is 19.1. The Kier molecular flexibility index (Phi) is 4.40. The van der Waals surface area contributed by atoms with Crippen LogP contribution in [-0.4, -0.2) is 51.9 Å². The molecular weight excluding hydrogens is 337 g/mol. The Morgan fingerprint density at radius 2 is 2.08 bits per heavy atom. The highest BCUT2D eigenvalue weighted by Gasteiger charge is 2.30. The third kappa shape index (κ3) is 3.18. The third-order valence-electron chi connectivity index (χ3n) is 5.05. The van der Waals surface area contributed by atoms with Crippen LogP contribution in [0.4, 0.5) is 10.3 Å². The van der Waals surface area contributed by atoms with Gasteiger partial charge in [0.05, 0.1) is 17.5 Å². The largest absolute Gasteiger partial charge is 0.342 e. The summed E-state index contributed by atoms with van der Waals surface area (Å²) < 4.78 is 13.8. The van der Waals surface area contributed by atoms with Crippen LogP contribution in [-0.2, 0) is 0 Å². The molecule has 1 N–H and O–H groups in total. The van der Waals surface area contributed by atoms with E-state index in [2.05, 4.69) is 19.9 Å². The highest BCUT2D eigenvalue weighted by molar-refractivity contribution is 5.94. The van der Waals surface area contributed by atoms with Gasteiger partial charge in [0.2, 0.25) is 5.95 Å². The Balaban J connectivity index is 1.53. The average molecular weight is 357 g/mol. The Bertz CT molecular complexity index is 878. The normalized spacial score (nSPS) is 20.0. The summed E-state index contributed by atoms with van der Waals surface area (Å²) in [5.74, 6) is -0.383. The molecule has 0 aromatic carbocycles. The van der Waals surface area contributed by atoms with Crippen molar-refractivity contribution < 1.29 is 9.18 Å². The Morgan fingerprint density at radius 3 is 2.85 bits per heavy atom. The number of rotatable bonds is 3. The predicted octanol–water partition coefficient (Wildman–Crippen LogP) is 1.53. The van der Waals surface area contributed by atoms with Gasteiger partial charge in [-0.1, -0.05) is 0 Å². The van der Waals surface area contributed by atoms with Gasteiger partial charge in [0.1, 0.15) is 0 Å². The number of nitrogens with one attached hydrogen (secondary N) is 1. The van der Waals surface area contributed by atoms with Gasteiger partial charge in [-0.25, -0.2) is 9.37 Å². The first-order chi connectivity index (χ1) is 12.6. The van der Waals surface area contributed by atoms with Gasteiger partial charge in [0.25, 0.3) is 11.5 Å². The number of carbonyl (C=O) groups is 1. The van der Waals surface area contributed by atoms with Crippen molar-refractivity contribution in [2.75, 3.05) is 31.1 Å². The molecule has 1 amide bonds. The predicted molar refractivity (Wildman–Crippen MR) is 93.8 cm³/mol. The summed E-state index contributed by atoms with van der Waals surface area (Å²) in [5, 5.41) is 0. The van der Waals surface area contributed by atoms with E-state index in [0.29, 0.717) is 31.2 Å². The minimum absolute atomic E-state index is 0.0208. The molecule has 2 saturated heterocycles. The molecule has 0 aliphatic carbocycles. The summed E-state index contributed by atoms with van der Waals surface area (Å²) in [6.07, 6.45) is 5.34. The molecule has 2 aromatic rings. The smallest absolute Gasteiger partial charge is 0.256 e. The number of amides is 1. The van der Waals surface area contributed by atoms with Gasteiger partial charge >= 0.3 is 0 Å². The van der Waals surface area contributed by atoms with E-state index in [0.717, 1.165) is 32.1 Å². The number of H-pyrrole nitrogens is 1. The SMILES string of the molecule is O=C(c1ccncc1F)N1CCC(c2cc(=O)[nH]c(N3CCCC3)n2)C1. The fraction of sp³-hybridized carbons (Fsp3) is 0.444. The van der Waals surface area contributed by atoms with E-state index < -0.39 is 5.82 Å². The van der Waals surface area contributed by atoms with Crippen LogP contribution in [0.3, 0.4) is 0 Å². The van der Waals surface area contributed by atoms with Crippen LogP contribution in [0.1, 0.15) is 41.2 Å². The van der Waals surface area contributed by atoms with Crippen LogP contribution >= 0.6 is 0 Å². The van der Waals surface area contributed by atoms with Crippen LogP contribution in [0.25, 0.3) is 0 Å². The number of hydrogen-bond donors (Lipinski definition) is 1. The van der Waals surface area contributed by atoms with Crippen molar-refractivity contribution in [1.82, 2.24) is 19.9 Å². The Labute approximate surface area is 149 Å². The van der Waals surface area contributed by atoms with Crippen molar-refractivity contribution in [3.63, 3.8) is 0 Å². The van der Waals surface area contributed by atoms with E-state index in [4.69, 9.17) is 0 Å². The molecule has 4 rings (SSSR count). The molecule has 0 bridgehead atoms. The summed E-state index contributed by atoms with van der Waals surface area (Å²) in [6, 6.07) is 2.90. The maximum atomic E-state index is 13.8. The first-order valence-corrected chi connectivity index (χ1v) is 8.87. The standard InChI is InChI=1S/C18H20FN5O2/c19-14-10-20-5-3-13(14)17(26)24-8-4-12(11-24)15-9-16(25)22-18(21-15)23-6-1-2-7-23/h3,5,9-10,12H,1-2,4,6-8,11H2,(H,21,22,25). The van der Waals surface area contributed by atoms with Crippen molar-refractivity contribution in [2.45, 2.75) is 25.2 Å². The zero-order chi connectivity index (χ0) is 18.1. The maximum Gasteiger partial charge on any atom is 0.256 e. The molecular formula is C18H20FN5O2. The number of pyridine rings is 1. The molecule has 0 spiro atoms. The van der Waals surface area contributed by atoms with Crippen LogP contribution in [0.2, 0.25) is 0 Å². The lowest BCUT2D eigenvalue weighted by Gasteiger charge is -2.19. The summed E-state index contributed by atoms with van der Waals surface area (Å²) in [4.78, 5) is 39.4. The zero-order valence-corrected chi connectivity index (χ0v) is 14.3. The number of halogens is 1. The Morgan fingerprint density at radius 1 is 1.27 bits per heavy atom. The lowest BCUT2D eigenvalue weighted by atomic mass is 10.0. The molecule has 2 aliphatic heterocycles. The fourth-order valence-electron chi connectivity index (χ4n) is 3.66. The zero-order valence-electron chi connectivity index (χ0n) is 14.3. The van der Waals surface area contributed by atoms with Crippen molar-refractivity contribution in [3.8, 4) is 0 Å². The number of hydrogen-bond acceptors (Lipinski definition) is 5. The van der Waals surface area contributed by atoms with Gasteiger partial charge in [0, 0.05) is 44.4 Å². The summed E-state index contributed by atoms with van der Waals surface area (Å²) in [5.41, 5.74) is 0.542. The quantitative estimate of drug-likeness (QED) is 0.901. The molecule has 2 aliphatic rings. The lowest BCUT2D eigenvalue weighted by Crippen LogP contribution is -2.29. The van der Waals surface area contributed by atoms with Crippen molar-refractivity contribution >= 4 is 11.9 Å². The Hall–Kier alpha value is -2.77. The molecule has 4 heterocycles. The van der Waals surface area contributed by atoms with E-state index in [9.17, 15) is 14.0 Å². The number of carbonyl (C=O) groups excluding carboxylic acids is 1. The topological polar surface area (TPSA) is 82.2 Å². The second-order valence-electron chi connectivity index (χ2n) is 6.78. The summed E-state index contributed by atoms with van der Waals surface area (Å²) in [6.45, 7) is 2.72. The molecule has 2 aromatic heterocycles. The summed E-state index contributed by atoms with van der Waals surface area (Å²) in [7, 11) is 0. The number of aromatic nitrogens is 3.